The lowest BCUT2D eigenvalue weighted by Crippen LogP contribution is -2.03. The number of nitrogens with zero attached hydrogens (tertiary/aromatic N) is 2. The van der Waals surface area contributed by atoms with Crippen molar-refractivity contribution in [2.75, 3.05) is 0 Å². The molecule has 31 heavy (non-hydrogen) atoms. The number of hydrogen-bond donors (Lipinski definition) is 0. The fourth-order valence-corrected chi connectivity index (χ4v) is 5.11. The van der Waals surface area contributed by atoms with Gasteiger partial charge in [-0.25, -0.2) is 4.98 Å². The van der Waals surface area contributed by atoms with Crippen molar-refractivity contribution in [3.63, 3.8) is 0 Å². The molecular formula is C26H16N2O2S. The molecule has 0 N–H and O–H groups in total. The molecule has 0 radical (unpaired) electrons. The molecule has 148 valence electrons. The molecule has 2 aromatic heterocycles. The highest BCUT2D eigenvalue weighted by atomic mass is 32.1. The van der Waals surface area contributed by atoms with Crippen LogP contribution in [0.4, 0.5) is 0 Å². The van der Waals surface area contributed by atoms with E-state index in [1.165, 1.54) is 0 Å². The Labute approximate surface area is 182 Å². The van der Waals surface area contributed by atoms with Crippen LogP contribution in [-0.4, -0.2) is 21.1 Å². The topological polar surface area (TPSA) is 52.0 Å². The lowest BCUT2D eigenvalue weighted by molar-refractivity contribution is 0.0990. The number of benzene rings is 3. The Balaban J connectivity index is 1.55. The van der Waals surface area contributed by atoms with E-state index in [1.807, 2.05) is 84.3 Å². The summed E-state index contributed by atoms with van der Waals surface area (Å²) in [5.41, 5.74) is 3.70. The fraction of sp³-hybridized carbons (Fsp3) is 0.0385. The van der Waals surface area contributed by atoms with E-state index in [9.17, 15) is 9.59 Å². The first kappa shape index (κ1) is 18.0. The molecule has 0 unspecified atom stereocenters. The highest BCUT2D eigenvalue weighted by molar-refractivity contribution is 7.18. The van der Waals surface area contributed by atoms with Crippen molar-refractivity contribution in [1.82, 2.24) is 9.55 Å². The van der Waals surface area contributed by atoms with Crippen LogP contribution in [0.2, 0.25) is 0 Å². The number of carbonyl (C=O) groups excluding carboxylic acids is 2. The number of hydrogen-bond acceptors (Lipinski definition) is 4. The second-order valence-electron chi connectivity index (χ2n) is 7.62. The van der Waals surface area contributed by atoms with Gasteiger partial charge in [0.15, 0.2) is 17.2 Å². The lowest BCUT2D eigenvalue weighted by Gasteiger charge is -2.07. The highest BCUT2D eigenvalue weighted by Gasteiger charge is 2.34. The lowest BCUT2D eigenvalue weighted by atomic mass is 10.0. The Morgan fingerprint density at radius 2 is 1.45 bits per heavy atom. The molecule has 5 aromatic rings. The van der Waals surface area contributed by atoms with E-state index in [0.29, 0.717) is 11.1 Å². The molecule has 1 aliphatic carbocycles. The van der Waals surface area contributed by atoms with Crippen LogP contribution in [-0.2, 0) is 0 Å². The second kappa shape index (κ2) is 6.59. The molecule has 6 rings (SSSR count). The van der Waals surface area contributed by atoms with E-state index in [1.54, 1.807) is 17.4 Å². The van der Waals surface area contributed by atoms with E-state index >= 15 is 0 Å². The summed E-state index contributed by atoms with van der Waals surface area (Å²) < 4.78 is 3.03. The summed E-state index contributed by atoms with van der Waals surface area (Å²) in [7, 11) is 0. The predicted octanol–water partition coefficient (Wildman–Crippen LogP) is 6.01. The Morgan fingerprint density at radius 3 is 2.10 bits per heavy atom. The van der Waals surface area contributed by atoms with E-state index < -0.39 is 0 Å². The molecular weight excluding hydrogens is 404 g/mol. The zero-order chi connectivity index (χ0) is 21.1. The molecule has 0 spiro atoms. The van der Waals surface area contributed by atoms with Gasteiger partial charge in [0.25, 0.3) is 0 Å². The van der Waals surface area contributed by atoms with Gasteiger partial charge in [0.1, 0.15) is 0 Å². The third-order valence-corrected chi connectivity index (χ3v) is 6.57. The van der Waals surface area contributed by atoms with Gasteiger partial charge in [-0.15, -0.1) is 11.3 Å². The normalized spacial score (nSPS) is 13.4. The van der Waals surface area contributed by atoms with Crippen molar-refractivity contribution >= 4 is 50.1 Å². The molecule has 0 amide bonds. The van der Waals surface area contributed by atoms with Gasteiger partial charge in [0.2, 0.25) is 0 Å². The number of Topliss-reactive ketones (excluding diaryl/α,β-unsaturated/α-hetero) is 2. The Morgan fingerprint density at radius 1 is 0.839 bits per heavy atom. The number of ketones is 2. The van der Waals surface area contributed by atoms with Gasteiger partial charge in [-0.3, -0.25) is 14.2 Å². The summed E-state index contributed by atoms with van der Waals surface area (Å²) >= 11 is 1.60. The van der Waals surface area contributed by atoms with Crippen LogP contribution in [0.5, 0.6) is 0 Å². The van der Waals surface area contributed by atoms with Crippen LogP contribution in [0.25, 0.3) is 32.9 Å². The van der Waals surface area contributed by atoms with Gasteiger partial charge in [-0.2, -0.15) is 0 Å². The van der Waals surface area contributed by atoms with Gasteiger partial charge < -0.3 is 0 Å². The zero-order valence-electron chi connectivity index (χ0n) is 16.6. The number of aryl methyl sites for hydroxylation is 1. The second-order valence-corrected chi connectivity index (χ2v) is 8.86. The van der Waals surface area contributed by atoms with Gasteiger partial charge in [0, 0.05) is 16.8 Å². The number of para-hydroxylation sites is 1. The third kappa shape index (κ3) is 2.71. The standard InChI is InChI=1S/C26H16N2O2S/c1-15-27-26-23(31-15)14-19(28(26)18-9-3-2-4-10-18)13-22-24(29)20-11-16-7-5-6-8-17(16)12-21(20)25(22)30/h2-14H,1H3. The quantitative estimate of drug-likeness (QED) is 0.260. The SMILES string of the molecule is Cc1nc2c(cc(C=C3C(=O)c4cc5ccccc5cc4C3=O)n2-c2ccccc2)s1. The summed E-state index contributed by atoms with van der Waals surface area (Å²) in [5.74, 6) is -0.446. The van der Waals surface area contributed by atoms with Gasteiger partial charge in [-0.05, 0) is 54.1 Å². The maximum atomic E-state index is 13.2. The molecule has 5 heteroatoms. The number of fused-ring (bicyclic) bond motifs is 3. The molecule has 0 bridgehead atoms. The monoisotopic (exact) mass is 420 g/mol. The van der Waals surface area contributed by atoms with Gasteiger partial charge in [-0.1, -0.05) is 42.5 Å². The maximum absolute atomic E-state index is 13.2. The Bertz CT molecular complexity index is 1520. The van der Waals surface area contributed by atoms with Crippen molar-refractivity contribution in [3.8, 4) is 5.69 Å². The third-order valence-electron chi connectivity index (χ3n) is 5.66. The summed E-state index contributed by atoms with van der Waals surface area (Å²) in [6, 6.07) is 23.3. The largest absolute Gasteiger partial charge is 0.294 e. The Kier molecular flexibility index (Phi) is 3.82. The summed E-state index contributed by atoms with van der Waals surface area (Å²) in [6.45, 7) is 1.98. The summed E-state index contributed by atoms with van der Waals surface area (Å²) in [6.07, 6.45) is 1.71. The number of carbonyl (C=O) groups is 2. The average Bonchev–Trinajstić information content (AvgIpc) is 3.37. The first-order chi connectivity index (χ1) is 15.1. The van der Waals surface area contributed by atoms with Gasteiger partial charge in [0.05, 0.1) is 21.0 Å². The number of allylic oxidation sites excluding steroid dienone is 1. The average molecular weight is 420 g/mol. The molecule has 0 atom stereocenters. The first-order valence-corrected chi connectivity index (χ1v) is 10.8. The van der Waals surface area contributed by atoms with Crippen molar-refractivity contribution in [3.05, 3.63) is 100 Å². The van der Waals surface area contributed by atoms with E-state index in [4.69, 9.17) is 0 Å². The molecule has 1 aliphatic rings. The van der Waals surface area contributed by atoms with Crippen LogP contribution >= 0.6 is 11.3 Å². The minimum atomic E-state index is -0.223. The van der Waals surface area contributed by atoms with Crippen molar-refractivity contribution in [2.24, 2.45) is 0 Å². The minimum Gasteiger partial charge on any atom is -0.294 e. The van der Waals surface area contributed by atoms with Crippen molar-refractivity contribution in [2.45, 2.75) is 6.92 Å². The highest BCUT2D eigenvalue weighted by Crippen LogP contribution is 2.34. The molecule has 3 aromatic carbocycles. The van der Waals surface area contributed by atoms with Crippen LogP contribution in [0.1, 0.15) is 31.4 Å². The van der Waals surface area contributed by atoms with Crippen molar-refractivity contribution < 1.29 is 9.59 Å². The first-order valence-electron chi connectivity index (χ1n) is 9.98. The van der Waals surface area contributed by atoms with Crippen LogP contribution < -0.4 is 0 Å². The number of thiazole rings is 1. The molecule has 0 saturated heterocycles. The van der Waals surface area contributed by atoms with E-state index in [-0.39, 0.29) is 17.1 Å². The maximum Gasteiger partial charge on any atom is 0.197 e. The number of rotatable bonds is 2. The summed E-state index contributed by atoms with van der Waals surface area (Å²) in [4.78, 5) is 31.1. The summed E-state index contributed by atoms with van der Waals surface area (Å²) in [5, 5.41) is 2.88. The predicted molar refractivity (Wildman–Crippen MR) is 124 cm³/mol. The van der Waals surface area contributed by atoms with Crippen molar-refractivity contribution in [1.29, 1.82) is 0 Å². The minimum absolute atomic E-state index is 0.198. The van der Waals surface area contributed by atoms with E-state index in [0.717, 1.165) is 37.5 Å². The van der Waals surface area contributed by atoms with E-state index in [2.05, 4.69) is 4.98 Å². The van der Waals surface area contributed by atoms with Gasteiger partial charge >= 0.3 is 0 Å². The molecule has 0 fully saturated rings. The smallest absolute Gasteiger partial charge is 0.197 e. The van der Waals surface area contributed by atoms with Crippen LogP contribution in [0.15, 0.2) is 78.4 Å². The van der Waals surface area contributed by atoms with Crippen LogP contribution in [0, 0.1) is 6.92 Å². The number of aromatic nitrogens is 2. The zero-order valence-corrected chi connectivity index (χ0v) is 17.4. The fourth-order valence-electron chi connectivity index (χ4n) is 4.25. The van der Waals surface area contributed by atoms with Crippen LogP contribution in [0.3, 0.4) is 0 Å². The molecule has 2 heterocycles. The molecule has 0 saturated carbocycles. The molecule has 0 aliphatic heterocycles. The molecule has 4 nitrogen and oxygen atoms in total. The Hall–Kier alpha value is -3.83.